The van der Waals surface area contributed by atoms with Gasteiger partial charge < -0.3 is 24.6 Å². The Balaban J connectivity index is 1.13. The Morgan fingerprint density at radius 2 is 1.03 bits per heavy atom. The number of pyridine rings is 3. The van der Waals surface area contributed by atoms with E-state index in [0.29, 0.717) is 36.1 Å². The van der Waals surface area contributed by atoms with Gasteiger partial charge in [0.25, 0.3) is 0 Å². The molecule has 1 aliphatic heterocycles. The van der Waals surface area contributed by atoms with E-state index < -0.39 is 11.9 Å². The molecule has 0 atom stereocenters. The number of rotatable bonds is 9. The maximum atomic E-state index is 12.1. The summed E-state index contributed by atoms with van der Waals surface area (Å²) >= 11 is 1.55. The number of nitrogens with zero attached hydrogens (tertiary/aromatic N) is 4. The van der Waals surface area contributed by atoms with Gasteiger partial charge in [0.05, 0.1) is 43.7 Å². The highest BCUT2D eigenvalue weighted by atomic mass is 32.1. The highest BCUT2D eigenvalue weighted by Gasteiger charge is 2.27. The summed E-state index contributed by atoms with van der Waals surface area (Å²) < 4.78 is 12.5. The van der Waals surface area contributed by atoms with E-state index >= 15 is 0 Å². The first-order valence-corrected chi connectivity index (χ1v) is 20.4. The molecule has 10 nitrogen and oxygen atoms in total. The summed E-state index contributed by atoms with van der Waals surface area (Å²) in [5.41, 5.74) is 8.69. The molecular formula is C49H44N4O6S. The fourth-order valence-electron chi connectivity index (χ4n) is 7.06. The highest BCUT2D eigenvalue weighted by molar-refractivity contribution is 7.19. The molecule has 0 spiro atoms. The van der Waals surface area contributed by atoms with Gasteiger partial charge in [-0.25, -0.2) is 14.6 Å². The summed E-state index contributed by atoms with van der Waals surface area (Å²) in [5.74, 6) is -0.955. The van der Waals surface area contributed by atoms with Gasteiger partial charge >= 0.3 is 11.9 Å². The van der Waals surface area contributed by atoms with Crippen LogP contribution in [0.1, 0.15) is 73.4 Å². The number of thiophene rings is 1. The molecule has 8 rings (SSSR count). The molecule has 3 aromatic carbocycles. The molecule has 60 heavy (non-hydrogen) atoms. The van der Waals surface area contributed by atoms with Crippen molar-refractivity contribution in [1.82, 2.24) is 15.0 Å². The molecule has 0 bridgehead atoms. The molecule has 0 amide bonds. The molecule has 0 fully saturated rings. The lowest BCUT2D eigenvalue weighted by atomic mass is 9.86. The Bertz CT molecular complexity index is 2660. The van der Waals surface area contributed by atoms with Crippen molar-refractivity contribution in [3.63, 3.8) is 0 Å². The van der Waals surface area contributed by atoms with Gasteiger partial charge in [0.15, 0.2) is 11.5 Å². The maximum absolute atomic E-state index is 12.1. The van der Waals surface area contributed by atoms with Gasteiger partial charge in [-0.3, -0.25) is 9.97 Å². The number of ether oxygens (including phenoxy) is 2. The molecule has 0 radical (unpaired) electrons. The smallest absolute Gasteiger partial charge is 0.335 e. The van der Waals surface area contributed by atoms with Crippen molar-refractivity contribution in [3.8, 4) is 55.2 Å². The molecule has 2 N–H and O–H groups in total. The third-order valence-electron chi connectivity index (χ3n) is 10.4. The lowest BCUT2D eigenvalue weighted by molar-refractivity contribution is 0.0686. The first kappa shape index (κ1) is 40.0. The number of fused-ring (bicyclic) bond motifs is 1. The van der Waals surface area contributed by atoms with Crippen molar-refractivity contribution in [2.45, 2.75) is 52.4 Å². The van der Waals surface area contributed by atoms with E-state index in [1.54, 1.807) is 23.6 Å². The number of carboxylic acid groups (broad SMARTS) is 2. The average molecular weight is 817 g/mol. The standard InChI is InChI=1S/C49H44N4O6S/c1-48(2,3)33-10-16-36(17-11-33)53(37-18-12-34(13-19-37)49(4,5)6)35-14-7-29(8-15-35)44-42-43(59-24-23-58-42)45(60-44)31-9-20-38(51-28-31)40-26-32(47(56)57)27-41(52-40)39-25-30(46(54)55)21-22-50-39/h7-22,25-28H,23-24H2,1-6H3,(H,54,55)(H,56,57). The maximum Gasteiger partial charge on any atom is 0.335 e. The summed E-state index contributed by atoms with van der Waals surface area (Å²) in [6.07, 6.45) is 3.06. The first-order valence-electron chi connectivity index (χ1n) is 19.6. The summed E-state index contributed by atoms with van der Waals surface area (Å²) in [4.78, 5) is 41.3. The van der Waals surface area contributed by atoms with Gasteiger partial charge in [0.2, 0.25) is 0 Å². The van der Waals surface area contributed by atoms with E-state index in [1.807, 2.05) is 6.07 Å². The summed E-state index contributed by atoms with van der Waals surface area (Å²) in [5, 5.41) is 19.4. The number of anilines is 3. The normalized spacial score (nSPS) is 12.6. The third-order valence-corrected chi connectivity index (χ3v) is 11.6. The van der Waals surface area contributed by atoms with Crippen LogP contribution in [-0.4, -0.2) is 50.3 Å². The van der Waals surface area contributed by atoms with E-state index in [9.17, 15) is 19.8 Å². The molecule has 1 aliphatic rings. The predicted octanol–water partition coefficient (Wildman–Crippen LogP) is 11.8. The van der Waals surface area contributed by atoms with Gasteiger partial charge in [-0.05, 0) is 100 Å². The Morgan fingerprint density at radius 1 is 0.567 bits per heavy atom. The van der Waals surface area contributed by atoms with Crippen LogP contribution in [0.25, 0.3) is 43.7 Å². The zero-order chi connectivity index (χ0) is 42.3. The Kier molecular flexibility index (Phi) is 10.5. The molecule has 302 valence electrons. The molecule has 4 aromatic heterocycles. The average Bonchev–Trinajstić information content (AvgIpc) is 3.63. The molecule has 0 saturated carbocycles. The molecule has 7 aromatic rings. The zero-order valence-corrected chi connectivity index (χ0v) is 35.0. The quantitative estimate of drug-likeness (QED) is 0.145. The van der Waals surface area contributed by atoms with Crippen LogP contribution in [0.3, 0.4) is 0 Å². The number of hydrogen-bond acceptors (Lipinski definition) is 9. The van der Waals surface area contributed by atoms with Crippen molar-refractivity contribution < 1.29 is 29.3 Å². The van der Waals surface area contributed by atoms with Crippen molar-refractivity contribution in [3.05, 3.63) is 144 Å². The predicted molar refractivity (Wildman–Crippen MR) is 236 cm³/mol. The second-order valence-electron chi connectivity index (χ2n) is 16.7. The van der Waals surface area contributed by atoms with Gasteiger partial charge in [0.1, 0.15) is 13.2 Å². The molecule has 0 unspecified atom stereocenters. The van der Waals surface area contributed by atoms with Crippen LogP contribution in [-0.2, 0) is 10.8 Å². The number of benzene rings is 3. The van der Waals surface area contributed by atoms with E-state index in [-0.39, 0.29) is 33.3 Å². The number of aromatic carboxylic acids is 2. The second kappa shape index (κ2) is 15.7. The minimum atomic E-state index is -1.16. The van der Waals surface area contributed by atoms with E-state index in [4.69, 9.17) is 14.5 Å². The van der Waals surface area contributed by atoms with Gasteiger partial charge in [-0.1, -0.05) is 77.9 Å². The number of aromatic nitrogens is 3. The number of hydrogen-bond donors (Lipinski definition) is 2. The van der Waals surface area contributed by atoms with Crippen LogP contribution in [0.2, 0.25) is 0 Å². The van der Waals surface area contributed by atoms with Crippen LogP contribution in [0.4, 0.5) is 17.1 Å². The largest absolute Gasteiger partial charge is 0.485 e. The van der Waals surface area contributed by atoms with Gasteiger partial charge in [-0.15, -0.1) is 11.3 Å². The zero-order valence-electron chi connectivity index (χ0n) is 34.2. The first-order chi connectivity index (χ1) is 28.6. The summed E-state index contributed by atoms with van der Waals surface area (Å²) in [6, 6.07) is 35.3. The van der Waals surface area contributed by atoms with Crippen LogP contribution in [0.5, 0.6) is 11.5 Å². The topological polar surface area (TPSA) is 135 Å². The summed E-state index contributed by atoms with van der Waals surface area (Å²) in [7, 11) is 0. The SMILES string of the molecule is CC(C)(C)c1ccc(N(c2ccc(-c3sc(-c4ccc(-c5cc(C(=O)O)cc(-c6cc(C(=O)O)ccn6)n5)nc4)c4c3OCCO4)cc2)c2ccc(C(C)(C)C)cc2)cc1. The van der Waals surface area contributed by atoms with Crippen LogP contribution >= 0.6 is 11.3 Å². The van der Waals surface area contributed by atoms with Crippen molar-refractivity contribution in [1.29, 1.82) is 0 Å². The Morgan fingerprint density at radius 3 is 1.52 bits per heavy atom. The van der Waals surface area contributed by atoms with Crippen molar-refractivity contribution in [2.75, 3.05) is 18.1 Å². The van der Waals surface area contributed by atoms with Gasteiger partial charge in [-0.2, -0.15) is 0 Å². The molecule has 0 aliphatic carbocycles. The molecular weight excluding hydrogens is 773 g/mol. The fourth-order valence-corrected chi connectivity index (χ4v) is 8.25. The van der Waals surface area contributed by atoms with Crippen LogP contribution in [0, 0.1) is 0 Å². The van der Waals surface area contributed by atoms with Gasteiger partial charge in [0, 0.05) is 35.0 Å². The van der Waals surface area contributed by atoms with E-state index in [1.165, 1.54) is 41.6 Å². The Hall–Kier alpha value is -6.85. The lowest BCUT2D eigenvalue weighted by Gasteiger charge is -2.28. The highest BCUT2D eigenvalue weighted by Crippen LogP contribution is 2.54. The van der Waals surface area contributed by atoms with E-state index in [2.05, 4.69) is 129 Å². The third kappa shape index (κ3) is 8.08. The minimum absolute atomic E-state index is 0.0122. The molecule has 0 saturated heterocycles. The minimum Gasteiger partial charge on any atom is -0.485 e. The summed E-state index contributed by atoms with van der Waals surface area (Å²) in [6.45, 7) is 14.2. The number of carbonyl (C=O) groups is 2. The monoisotopic (exact) mass is 816 g/mol. The molecule has 11 heteroatoms. The van der Waals surface area contributed by atoms with E-state index in [0.717, 1.165) is 37.9 Å². The Labute approximate surface area is 352 Å². The second-order valence-corrected chi connectivity index (χ2v) is 17.7. The van der Waals surface area contributed by atoms with Crippen LogP contribution in [0.15, 0.2) is 122 Å². The van der Waals surface area contributed by atoms with Crippen LogP contribution < -0.4 is 14.4 Å². The molecule has 5 heterocycles. The van der Waals surface area contributed by atoms with Crippen molar-refractivity contribution in [2.24, 2.45) is 0 Å². The lowest BCUT2D eigenvalue weighted by Crippen LogP contribution is -2.15. The fraction of sp³-hybridized carbons (Fsp3) is 0.204. The van der Waals surface area contributed by atoms with Crippen molar-refractivity contribution >= 4 is 40.3 Å². The number of carboxylic acids is 2.